The second kappa shape index (κ2) is 8.35. The SMILES string of the molecule is CC(=O)Nc1nc(CC(=O)c2nc(CC(=O)ON3C(=O)CCC3=O)cs2)cs1. The van der Waals surface area contributed by atoms with Crippen molar-refractivity contribution < 1.29 is 28.8 Å². The molecule has 3 heterocycles. The van der Waals surface area contributed by atoms with Gasteiger partial charge in [0.25, 0.3) is 11.8 Å². The molecule has 0 saturated carbocycles. The van der Waals surface area contributed by atoms with Crippen molar-refractivity contribution >= 4 is 57.3 Å². The molecule has 1 aliphatic heterocycles. The van der Waals surface area contributed by atoms with Crippen LogP contribution in [0.15, 0.2) is 10.8 Å². The Morgan fingerprint density at radius 2 is 1.71 bits per heavy atom. The summed E-state index contributed by atoms with van der Waals surface area (Å²) in [5, 5.41) is 6.81. The number of imide groups is 1. The lowest BCUT2D eigenvalue weighted by molar-refractivity contribution is -0.197. The van der Waals surface area contributed by atoms with Crippen molar-refractivity contribution in [2.24, 2.45) is 0 Å². The van der Waals surface area contributed by atoms with E-state index in [0.717, 1.165) is 11.3 Å². The highest BCUT2D eigenvalue weighted by Crippen LogP contribution is 2.19. The summed E-state index contributed by atoms with van der Waals surface area (Å²) in [7, 11) is 0. The number of hydrogen-bond acceptors (Lipinski definition) is 10. The van der Waals surface area contributed by atoms with Crippen molar-refractivity contribution in [1.82, 2.24) is 15.0 Å². The average Bonchev–Trinajstić information content (AvgIpc) is 3.32. The summed E-state index contributed by atoms with van der Waals surface area (Å²) in [5.74, 6) is -2.47. The zero-order valence-corrected chi connectivity index (χ0v) is 16.2. The molecule has 28 heavy (non-hydrogen) atoms. The second-order valence-corrected chi connectivity index (χ2v) is 7.51. The largest absolute Gasteiger partial charge is 0.339 e. The van der Waals surface area contributed by atoms with Crippen molar-refractivity contribution in [3.63, 3.8) is 0 Å². The predicted molar refractivity (Wildman–Crippen MR) is 97.4 cm³/mol. The van der Waals surface area contributed by atoms with Crippen molar-refractivity contribution in [3.8, 4) is 0 Å². The molecule has 2 aromatic rings. The number of rotatable bonds is 7. The van der Waals surface area contributed by atoms with Crippen LogP contribution in [0.3, 0.4) is 0 Å². The number of anilines is 1. The summed E-state index contributed by atoms with van der Waals surface area (Å²) in [6.07, 6.45) is -0.238. The number of Topliss-reactive ketones (excluding diaryl/α,β-unsaturated/α-hetero) is 1. The molecule has 0 bridgehead atoms. The van der Waals surface area contributed by atoms with Gasteiger partial charge < -0.3 is 10.2 Å². The summed E-state index contributed by atoms with van der Waals surface area (Å²) >= 11 is 2.28. The molecule has 0 radical (unpaired) electrons. The van der Waals surface area contributed by atoms with Gasteiger partial charge in [0.2, 0.25) is 5.91 Å². The lowest BCUT2D eigenvalue weighted by Crippen LogP contribution is -2.32. The zero-order chi connectivity index (χ0) is 20.3. The van der Waals surface area contributed by atoms with Gasteiger partial charge in [0, 0.05) is 30.5 Å². The van der Waals surface area contributed by atoms with Gasteiger partial charge in [-0.2, -0.15) is 0 Å². The first-order valence-corrected chi connectivity index (χ1v) is 9.84. The number of thiazole rings is 2. The van der Waals surface area contributed by atoms with Crippen LogP contribution in [0.2, 0.25) is 0 Å². The molecule has 0 spiro atoms. The van der Waals surface area contributed by atoms with E-state index in [-0.39, 0.29) is 42.4 Å². The first kappa shape index (κ1) is 19.8. The molecular weight excluding hydrogens is 408 g/mol. The Morgan fingerprint density at radius 3 is 2.39 bits per heavy atom. The third-order valence-electron chi connectivity index (χ3n) is 3.49. The van der Waals surface area contributed by atoms with Crippen LogP contribution in [-0.2, 0) is 36.9 Å². The molecule has 12 heteroatoms. The smallest absolute Gasteiger partial charge is 0.330 e. The minimum atomic E-state index is -0.813. The van der Waals surface area contributed by atoms with E-state index < -0.39 is 17.8 Å². The number of carbonyl (C=O) groups is 5. The molecule has 0 aromatic carbocycles. The summed E-state index contributed by atoms with van der Waals surface area (Å²) < 4.78 is 0. The zero-order valence-electron chi connectivity index (χ0n) is 14.6. The van der Waals surface area contributed by atoms with Crippen molar-refractivity contribution in [1.29, 1.82) is 0 Å². The van der Waals surface area contributed by atoms with Gasteiger partial charge in [-0.1, -0.05) is 0 Å². The van der Waals surface area contributed by atoms with Gasteiger partial charge in [0.05, 0.1) is 24.2 Å². The highest BCUT2D eigenvalue weighted by atomic mass is 32.1. The number of hydrogen-bond donors (Lipinski definition) is 1. The molecular formula is C16H14N4O6S2. The molecule has 2 aromatic heterocycles. The minimum absolute atomic E-state index is 0.00423. The molecule has 0 unspecified atom stereocenters. The number of hydroxylamine groups is 2. The van der Waals surface area contributed by atoms with E-state index in [0.29, 0.717) is 21.6 Å². The second-order valence-electron chi connectivity index (χ2n) is 5.79. The molecule has 3 amide bonds. The molecule has 0 aliphatic carbocycles. The van der Waals surface area contributed by atoms with Gasteiger partial charge in [-0.25, -0.2) is 14.8 Å². The minimum Gasteiger partial charge on any atom is -0.330 e. The lowest BCUT2D eigenvalue weighted by Gasteiger charge is -2.11. The summed E-state index contributed by atoms with van der Waals surface area (Å²) in [6.45, 7) is 1.36. The Bertz CT molecular complexity index is 950. The Kier molecular flexibility index (Phi) is 5.90. The Hall–Kier alpha value is -2.99. The van der Waals surface area contributed by atoms with E-state index in [2.05, 4.69) is 15.3 Å². The van der Waals surface area contributed by atoms with E-state index >= 15 is 0 Å². The van der Waals surface area contributed by atoms with Crippen LogP contribution >= 0.6 is 22.7 Å². The Morgan fingerprint density at radius 1 is 1.07 bits per heavy atom. The fourth-order valence-electron chi connectivity index (χ4n) is 2.29. The monoisotopic (exact) mass is 422 g/mol. The number of carbonyl (C=O) groups excluding carboxylic acids is 5. The normalized spacial score (nSPS) is 13.7. The third kappa shape index (κ3) is 4.84. The van der Waals surface area contributed by atoms with Crippen molar-refractivity contribution in [2.45, 2.75) is 32.6 Å². The van der Waals surface area contributed by atoms with Gasteiger partial charge >= 0.3 is 5.97 Å². The van der Waals surface area contributed by atoms with Crippen LogP contribution in [-0.4, -0.2) is 44.5 Å². The topological polar surface area (TPSA) is 136 Å². The highest BCUT2D eigenvalue weighted by molar-refractivity contribution is 7.14. The van der Waals surface area contributed by atoms with Crippen LogP contribution in [0, 0.1) is 0 Å². The van der Waals surface area contributed by atoms with E-state index in [1.807, 2.05) is 0 Å². The van der Waals surface area contributed by atoms with Crippen LogP contribution in [0.25, 0.3) is 0 Å². The fourth-order valence-corrected chi connectivity index (χ4v) is 3.81. The van der Waals surface area contributed by atoms with Crippen LogP contribution < -0.4 is 5.32 Å². The number of aromatic nitrogens is 2. The van der Waals surface area contributed by atoms with Gasteiger partial charge in [0.15, 0.2) is 15.9 Å². The molecule has 1 N–H and O–H groups in total. The van der Waals surface area contributed by atoms with Crippen LogP contribution in [0.4, 0.5) is 5.13 Å². The first-order valence-electron chi connectivity index (χ1n) is 8.08. The van der Waals surface area contributed by atoms with E-state index in [1.54, 1.807) is 5.38 Å². The molecule has 1 saturated heterocycles. The Balaban J connectivity index is 1.55. The Labute approximate surface area is 166 Å². The molecule has 1 aliphatic rings. The molecule has 146 valence electrons. The van der Waals surface area contributed by atoms with Crippen molar-refractivity contribution in [2.75, 3.05) is 5.32 Å². The summed E-state index contributed by atoms with van der Waals surface area (Å²) in [6, 6.07) is 0. The molecule has 1 fully saturated rings. The van der Waals surface area contributed by atoms with Crippen molar-refractivity contribution in [3.05, 3.63) is 27.2 Å². The molecule has 3 rings (SSSR count). The molecule has 10 nitrogen and oxygen atoms in total. The first-order chi connectivity index (χ1) is 13.3. The van der Waals surface area contributed by atoms with E-state index in [1.165, 1.54) is 23.6 Å². The highest BCUT2D eigenvalue weighted by Gasteiger charge is 2.33. The number of amides is 3. The quantitative estimate of drug-likeness (QED) is 0.518. The standard InChI is InChI=1S/C16H14N4O6S2/c1-8(21)17-16-19-9(7-28-16)4-11(22)15-18-10(6-27-15)5-14(25)26-20-12(23)2-3-13(20)24/h6-7H,2-5H2,1H3,(H,17,19,21). The summed E-state index contributed by atoms with van der Waals surface area (Å²) in [5.41, 5.74) is 0.802. The van der Waals surface area contributed by atoms with Crippen LogP contribution in [0.5, 0.6) is 0 Å². The lowest BCUT2D eigenvalue weighted by atomic mass is 10.2. The number of nitrogens with one attached hydrogen (secondary N) is 1. The maximum atomic E-state index is 12.3. The van der Waals surface area contributed by atoms with Gasteiger partial charge in [-0.3, -0.25) is 19.2 Å². The average molecular weight is 422 g/mol. The fraction of sp³-hybridized carbons (Fsp3) is 0.312. The maximum Gasteiger partial charge on any atom is 0.339 e. The summed E-state index contributed by atoms with van der Waals surface area (Å²) in [4.78, 5) is 71.1. The maximum absolute atomic E-state index is 12.3. The third-order valence-corrected chi connectivity index (χ3v) is 5.23. The van der Waals surface area contributed by atoms with Gasteiger partial charge in [0.1, 0.15) is 0 Å². The predicted octanol–water partition coefficient (Wildman–Crippen LogP) is 1.13. The van der Waals surface area contributed by atoms with Gasteiger partial charge in [-0.05, 0) is 0 Å². The van der Waals surface area contributed by atoms with E-state index in [4.69, 9.17) is 4.84 Å². The number of nitrogens with zero attached hydrogens (tertiary/aromatic N) is 3. The van der Waals surface area contributed by atoms with Crippen LogP contribution in [0.1, 0.15) is 41.0 Å². The van der Waals surface area contributed by atoms with E-state index in [9.17, 15) is 24.0 Å². The van der Waals surface area contributed by atoms with Gasteiger partial charge in [-0.15, -0.1) is 27.7 Å². The number of ketones is 1. The molecule has 0 atom stereocenters.